The van der Waals surface area contributed by atoms with Crippen molar-refractivity contribution >= 4 is 23.7 Å². The van der Waals surface area contributed by atoms with Gasteiger partial charge in [-0.15, -0.1) is 0 Å². The molecule has 6 heteroatoms. The van der Waals surface area contributed by atoms with Crippen LogP contribution in [0, 0.1) is 0 Å². The van der Waals surface area contributed by atoms with Gasteiger partial charge < -0.3 is 15.2 Å². The van der Waals surface area contributed by atoms with Gasteiger partial charge in [-0.1, -0.05) is 29.8 Å². The zero-order valence-corrected chi connectivity index (χ0v) is 13.6. The Morgan fingerprint density at radius 1 is 1.41 bits per heavy atom. The van der Waals surface area contributed by atoms with Crippen molar-refractivity contribution in [1.29, 1.82) is 0 Å². The molecule has 1 amide bonds. The second-order valence-electron chi connectivity index (χ2n) is 5.78. The van der Waals surface area contributed by atoms with Crippen LogP contribution >= 0.6 is 11.6 Å². The van der Waals surface area contributed by atoms with Gasteiger partial charge >= 0.3 is 12.1 Å². The third kappa shape index (κ3) is 7.69. The van der Waals surface area contributed by atoms with E-state index in [2.05, 4.69) is 5.32 Å². The molecule has 5 nitrogen and oxygen atoms in total. The average molecular weight is 326 g/mol. The van der Waals surface area contributed by atoms with Crippen molar-refractivity contribution in [2.24, 2.45) is 0 Å². The third-order valence-corrected chi connectivity index (χ3v) is 2.75. The number of ether oxygens (including phenoxy) is 1. The third-order valence-electron chi connectivity index (χ3n) is 2.52. The van der Waals surface area contributed by atoms with Crippen molar-refractivity contribution in [3.8, 4) is 0 Å². The van der Waals surface area contributed by atoms with Crippen molar-refractivity contribution in [1.82, 2.24) is 5.32 Å². The number of carbonyl (C=O) groups is 2. The van der Waals surface area contributed by atoms with Crippen LogP contribution in [0.15, 0.2) is 36.4 Å². The molecule has 0 saturated carbocycles. The van der Waals surface area contributed by atoms with Crippen LogP contribution in [0.2, 0.25) is 5.02 Å². The molecule has 0 bridgehead atoms. The number of aliphatic carboxylic acids is 1. The van der Waals surface area contributed by atoms with Gasteiger partial charge in [0, 0.05) is 11.1 Å². The Morgan fingerprint density at radius 2 is 2.09 bits per heavy atom. The van der Waals surface area contributed by atoms with Crippen molar-refractivity contribution < 1.29 is 19.4 Å². The normalized spacial score (nSPS) is 12.9. The smallest absolute Gasteiger partial charge is 0.408 e. The van der Waals surface area contributed by atoms with Gasteiger partial charge in [0.1, 0.15) is 5.60 Å². The van der Waals surface area contributed by atoms with Gasteiger partial charge in [0.15, 0.2) is 0 Å². The number of carboxylic acids is 1. The lowest BCUT2D eigenvalue weighted by atomic mass is 10.1. The van der Waals surface area contributed by atoms with Crippen LogP contribution in [-0.2, 0) is 16.0 Å². The first-order chi connectivity index (χ1) is 10.2. The van der Waals surface area contributed by atoms with Crippen LogP contribution in [0.4, 0.5) is 4.79 Å². The number of nitrogens with one attached hydrogen (secondary N) is 1. The fourth-order valence-electron chi connectivity index (χ4n) is 1.74. The Morgan fingerprint density at radius 3 is 2.64 bits per heavy atom. The first-order valence-corrected chi connectivity index (χ1v) is 7.18. The van der Waals surface area contributed by atoms with Crippen molar-refractivity contribution in [3.05, 3.63) is 47.0 Å². The van der Waals surface area contributed by atoms with Gasteiger partial charge in [0.2, 0.25) is 0 Å². The van der Waals surface area contributed by atoms with Crippen LogP contribution in [0.5, 0.6) is 0 Å². The van der Waals surface area contributed by atoms with E-state index in [-0.39, 0.29) is 0 Å². The molecule has 22 heavy (non-hydrogen) atoms. The summed E-state index contributed by atoms with van der Waals surface area (Å²) in [7, 11) is 0. The number of halogens is 1. The minimum Gasteiger partial charge on any atom is -0.478 e. The molecular weight excluding hydrogens is 306 g/mol. The summed E-state index contributed by atoms with van der Waals surface area (Å²) in [5, 5.41) is 12.0. The molecule has 0 aliphatic carbocycles. The van der Waals surface area contributed by atoms with Gasteiger partial charge in [0.25, 0.3) is 0 Å². The summed E-state index contributed by atoms with van der Waals surface area (Å²) in [6, 6.07) is 6.64. The first-order valence-electron chi connectivity index (χ1n) is 6.81. The van der Waals surface area contributed by atoms with Gasteiger partial charge in [-0.25, -0.2) is 9.59 Å². The van der Waals surface area contributed by atoms with E-state index in [9.17, 15) is 9.59 Å². The molecule has 0 saturated heterocycles. The molecule has 120 valence electrons. The Hall–Kier alpha value is -2.01. The molecule has 0 aliphatic heterocycles. The van der Waals surface area contributed by atoms with Gasteiger partial charge in [0.05, 0.1) is 6.04 Å². The van der Waals surface area contributed by atoms with E-state index in [0.29, 0.717) is 11.4 Å². The van der Waals surface area contributed by atoms with Crippen molar-refractivity contribution in [2.75, 3.05) is 0 Å². The molecule has 0 fully saturated rings. The molecular formula is C16H20ClNO4. The van der Waals surface area contributed by atoms with Crippen LogP contribution in [0.25, 0.3) is 0 Å². The Balaban J connectivity index is 2.80. The second kappa shape index (κ2) is 7.84. The molecule has 1 aromatic carbocycles. The van der Waals surface area contributed by atoms with E-state index < -0.39 is 23.7 Å². The number of alkyl carbamates (subject to hydrolysis) is 1. The van der Waals surface area contributed by atoms with Crippen LogP contribution in [-0.4, -0.2) is 28.8 Å². The van der Waals surface area contributed by atoms with E-state index >= 15 is 0 Å². The first kappa shape index (κ1) is 18.0. The Bertz CT molecular complexity index is 564. The van der Waals surface area contributed by atoms with Crippen LogP contribution < -0.4 is 5.32 Å². The molecule has 0 radical (unpaired) electrons. The highest BCUT2D eigenvalue weighted by molar-refractivity contribution is 6.30. The fourth-order valence-corrected chi connectivity index (χ4v) is 1.96. The largest absolute Gasteiger partial charge is 0.478 e. The molecule has 2 N–H and O–H groups in total. The van der Waals surface area contributed by atoms with E-state index in [0.717, 1.165) is 11.6 Å². The summed E-state index contributed by atoms with van der Waals surface area (Å²) in [4.78, 5) is 22.5. The quantitative estimate of drug-likeness (QED) is 0.813. The number of hydrogen-bond acceptors (Lipinski definition) is 3. The molecule has 0 spiro atoms. The number of carboxylic acid groups (broad SMARTS) is 1. The van der Waals surface area contributed by atoms with Crippen molar-refractivity contribution in [2.45, 2.75) is 38.8 Å². The topological polar surface area (TPSA) is 75.6 Å². The minimum atomic E-state index is -1.08. The minimum absolute atomic E-state index is 0.406. The zero-order chi connectivity index (χ0) is 16.8. The van der Waals surface area contributed by atoms with E-state index in [4.69, 9.17) is 21.4 Å². The highest BCUT2D eigenvalue weighted by Gasteiger charge is 2.18. The zero-order valence-electron chi connectivity index (χ0n) is 12.8. The molecule has 0 aliphatic rings. The predicted molar refractivity (Wildman–Crippen MR) is 85.1 cm³/mol. The SMILES string of the molecule is CC(C)(C)OC(=O)N[C@H](/C=C/C(=O)O)Cc1cccc(Cl)c1. The number of carbonyl (C=O) groups excluding carboxylic acids is 1. The van der Waals surface area contributed by atoms with E-state index in [1.54, 1.807) is 39.0 Å². The molecule has 1 rings (SSSR count). The summed E-state index contributed by atoms with van der Waals surface area (Å²) in [6.07, 6.45) is 2.21. The molecule has 0 heterocycles. The maximum Gasteiger partial charge on any atom is 0.408 e. The van der Waals surface area contributed by atoms with E-state index in [1.807, 2.05) is 6.07 Å². The van der Waals surface area contributed by atoms with E-state index in [1.165, 1.54) is 6.08 Å². The predicted octanol–water partition coefficient (Wildman–Crippen LogP) is 3.42. The molecule has 1 atom stereocenters. The van der Waals surface area contributed by atoms with Gasteiger partial charge in [-0.05, 0) is 44.9 Å². The maximum atomic E-state index is 11.8. The number of benzene rings is 1. The number of hydrogen-bond donors (Lipinski definition) is 2. The lowest BCUT2D eigenvalue weighted by Gasteiger charge is -2.22. The molecule has 0 aromatic heterocycles. The summed E-state index contributed by atoms with van der Waals surface area (Å²) in [5.41, 5.74) is 0.255. The average Bonchev–Trinajstić information content (AvgIpc) is 2.33. The summed E-state index contributed by atoms with van der Waals surface area (Å²) < 4.78 is 5.18. The highest BCUT2D eigenvalue weighted by Crippen LogP contribution is 2.13. The van der Waals surface area contributed by atoms with Crippen molar-refractivity contribution in [3.63, 3.8) is 0 Å². The van der Waals surface area contributed by atoms with Crippen LogP contribution in [0.1, 0.15) is 26.3 Å². The second-order valence-corrected chi connectivity index (χ2v) is 6.22. The molecule has 0 unspecified atom stereocenters. The lowest BCUT2D eigenvalue weighted by Crippen LogP contribution is -2.39. The lowest BCUT2D eigenvalue weighted by molar-refractivity contribution is -0.131. The number of amides is 1. The van der Waals surface area contributed by atoms with Crippen LogP contribution in [0.3, 0.4) is 0 Å². The monoisotopic (exact) mass is 325 g/mol. The Kier molecular flexibility index (Phi) is 6.43. The summed E-state index contributed by atoms with van der Waals surface area (Å²) >= 11 is 5.92. The highest BCUT2D eigenvalue weighted by atomic mass is 35.5. The van der Waals surface area contributed by atoms with Gasteiger partial charge in [-0.3, -0.25) is 0 Å². The summed E-state index contributed by atoms with van der Waals surface area (Å²) in [5.74, 6) is -1.08. The Labute approximate surface area is 134 Å². The number of rotatable bonds is 5. The molecule has 1 aromatic rings. The maximum absolute atomic E-state index is 11.8. The summed E-state index contributed by atoms with van der Waals surface area (Å²) in [6.45, 7) is 5.27. The standard InChI is InChI=1S/C16H20ClNO4/c1-16(2,3)22-15(21)18-13(7-8-14(19)20)10-11-5-4-6-12(17)9-11/h4-9,13H,10H2,1-3H3,(H,18,21)(H,19,20)/b8-7+/t13-/m1/s1. The fraction of sp³-hybridized carbons (Fsp3) is 0.375. The van der Waals surface area contributed by atoms with Gasteiger partial charge in [-0.2, -0.15) is 0 Å².